The Hall–Kier alpha value is -2.61. The fraction of sp³-hybridized carbons (Fsp3) is 0.370. The predicted molar refractivity (Wildman–Crippen MR) is 158 cm³/mol. The Kier molecular flexibility index (Phi) is 7.57. The Morgan fingerprint density at radius 3 is 2.85 bits per heavy atom. The smallest absolute Gasteiger partial charge is 0.283 e. The Morgan fingerprint density at radius 1 is 1.18 bits per heavy atom. The highest BCUT2D eigenvalue weighted by Gasteiger charge is 2.38. The molecular weight excluding hydrogens is 590 g/mol. The minimum atomic E-state index is -3.80. The van der Waals surface area contributed by atoms with E-state index >= 15 is 0 Å². The first-order chi connectivity index (χ1) is 19.2. The molecule has 1 N–H and O–H groups in total. The van der Waals surface area contributed by atoms with Crippen LogP contribution in [0.3, 0.4) is 0 Å². The first-order valence-corrected chi connectivity index (χ1v) is 16.5. The monoisotopic (exact) mass is 617 g/mol. The largest absolute Gasteiger partial charge is 0.331 e. The maximum absolute atomic E-state index is 13.8. The molecule has 2 atom stereocenters. The van der Waals surface area contributed by atoms with Gasteiger partial charge in [-0.1, -0.05) is 23.7 Å². The first-order valence-electron chi connectivity index (χ1n) is 13.1. The summed E-state index contributed by atoms with van der Waals surface area (Å²) >= 11 is 8.71. The molecule has 13 heteroatoms. The number of benzene rings is 1. The molecule has 0 spiro atoms. The molecule has 1 saturated heterocycles. The Bertz CT molecular complexity index is 1750. The number of thiazole rings is 1. The molecule has 9 nitrogen and oxygen atoms in total. The van der Waals surface area contributed by atoms with Gasteiger partial charge in [-0.05, 0) is 43.0 Å². The third-order valence-corrected chi connectivity index (χ3v) is 12.2. The molecule has 4 aromatic rings. The predicted octanol–water partition coefficient (Wildman–Crippen LogP) is 3.81. The molecule has 6 rings (SSSR count). The highest BCUT2D eigenvalue weighted by atomic mass is 35.5. The van der Waals surface area contributed by atoms with Crippen molar-refractivity contribution in [3.8, 4) is 0 Å². The number of thiophene rings is 1. The number of carbonyl (C=O) groups excluding carboxylic acids is 1. The third-order valence-electron chi connectivity index (χ3n) is 7.43. The maximum atomic E-state index is 13.8. The molecule has 0 saturated carbocycles. The lowest BCUT2D eigenvalue weighted by atomic mass is 10.1. The standard InChI is InChI=1S/C27H28ClN5O4S3/c1-17-12-21-23(15-29-17)39-26(30-21)27(35)33-11-10-32(16-20(33)7-9-31-8-3-2-4-24(31)34)40(36,37)25-13-18-5-6-19(28)14-22(18)38-25/h2-6,8,13-14,17,20,29H,7,9-12,15-16H2,1H3. The van der Waals surface area contributed by atoms with Crippen molar-refractivity contribution in [1.29, 1.82) is 0 Å². The summed E-state index contributed by atoms with van der Waals surface area (Å²) in [6, 6.07) is 11.8. The van der Waals surface area contributed by atoms with E-state index < -0.39 is 16.1 Å². The van der Waals surface area contributed by atoms with Crippen LogP contribution in [0.15, 0.2) is 57.7 Å². The van der Waals surface area contributed by atoms with Gasteiger partial charge in [0, 0.05) is 78.1 Å². The number of nitrogens with zero attached hydrogens (tertiary/aromatic N) is 4. The lowest BCUT2D eigenvalue weighted by Crippen LogP contribution is -2.56. The Labute approximate surface area is 245 Å². The van der Waals surface area contributed by atoms with Gasteiger partial charge in [-0.3, -0.25) is 9.59 Å². The van der Waals surface area contributed by atoms with Gasteiger partial charge in [-0.15, -0.1) is 22.7 Å². The van der Waals surface area contributed by atoms with E-state index in [1.54, 1.807) is 46.0 Å². The summed E-state index contributed by atoms with van der Waals surface area (Å²) in [6.07, 6.45) is 2.90. The van der Waals surface area contributed by atoms with Gasteiger partial charge in [0.2, 0.25) is 5.56 Å². The van der Waals surface area contributed by atoms with E-state index in [0.717, 1.165) is 27.1 Å². The van der Waals surface area contributed by atoms with Crippen LogP contribution in [0.4, 0.5) is 0 Å². The van der Waals surface area contributed by atoms with E-state index in [2.05, 4.69) is 17.2 Å². The van der Waals surface area contributed by atoms with Crippen LogP contribution in [0.5, 0.6) is 0 Å². The number of halogens is 1. The summed E-state index contributed by atoms with van der Waals surface area (Å²) in [5, 5.41) is 5.21. The Balaban J connectivity index is 1.28. The van der Waals surface area contributed by atoms with Crippen molar-refractivity contribution in [3.63, 3.8) is 0 Å². The maximum Gasteiger partial charge on any atom is 0.283 e. The molecule has 3 aromatic heterocycles. The molecule has 2 unspecified atom stereocenters. The van der Waals surface area contributed by atoms with Gasteiger partial charge in [0.1, 0.15) is 4.21 Å². The number of rotatable bonds is 6. The van der Waals surface area contributed by atoms with E-state index in [1.807, 2.05) is 6.07 Å². The molecule has 2 aliphatic rings. The van der Waals surface area contributed by atoms with E-state index in [1.165, 1.54) is 33.0 Å². The second kappa shape index (κ2) is 11.0. The van der Waals surface area contributed by atoms with Gasteiger partial charge in [0.05, 0.1) is 5.69 Å². The van der Waals surface area contributed by atoms with Crippen LogP contribution in [0.2, 0.25) is 5.02 Å². The number of sulfonamides is 1. The van der Waals surface area contributed by atoms with Crippen LogP contribution in [0.1, 0.15) is 33.7 Å². The van der Waals surface area contributed by atoms with Crippen LogP contribution in [-0.2, 0) is 29.5 Å². The first kappa shape index (κ1) is 27.6. The van der Waals surface area contributed by atoms with Gasteiger partial charge in [-0.25, -0.2) is 13.4 Å². The summed E-state index contributed by atoms with van der Waals surface area (Å²) in [5.41, 5.74) is 0.817. The number of fused-ring (bicyclic) bond motifs is 2. The van der Waals surface area contributed by atoms with E-state index in [9.17, 15) is 18.0 Å². The van der Waals surface area contributed by atoms with Gasteiger partial charge < -0.3 is 14.8 Å². The van der Waals surface area contributed by atoms with Crippen LogP contribution in [0.25, 0.3) is 10.1 Å². The summed E-state index contributed by atoms with van der Waals surface area (Å²) in [6.45, 7) is 3.69. The number of hydrogen-bond donors (Lipinski definition) is 1. The molecule has 0 bridgehead atoms. The van der Waals surface area contributed by atoms with Gasteiger partial charge >= 0.3 is 0 Å². The minimum absolute atomic E-state index is 0.133. The molecular formula is C27H28ClN5O4S3. The number of hydrogen-bond acceptors (Lipinski definition) is 8. The zero-order chi connectivity index (χ0) is 28.0. The zero-order valence-electron chi connectivity index (χ0n) is 21.7. The van der Waals surface area contributed by atoms with E-state index in [4.69, 9.17) is 11.6 Å². The second-order valence-electron chi connectivity index (χ2n) is 10.2. The number of carbonyl (C=O) groups is 1. The van der Waals surface area contributed by atoms with Crippen LogP contribution >= 0.6 is 34.3 Å². The van der Waals surface area contributed by atoms with Crippen molar-refractivity contribution in [2.24, 2.45) is 0 Å². The molecule has 1 amide bonds. The van der Waals surface area contributed by atoms with Crippen molar-refractivity contribution >= 4 is 60.3 Å². The van der Waals surface area contributed by atoms with Gasteiger partial charge in [-0.2, -0.15) is 4.31 Å². The van der Waals surface area contributed by atoms with E-state index in [-0.39, 0.29) is 35.3 Å². The number of aromatic nitrogens is 2. The summed E-state index contributed by atoms with van der Waals surface area (Å²) in [4.78, 5) is 33.6. The average molecular weight is 618 g/mol. The normalized spacial score (nSPS) is 20.1. The molecule has 2 aliphatic heterocycles. The number of nitrogens with one attached hydrogen (secondary N) is 1. The molecule has 5 heterocycles. The fourth-order valence-corrected chi connectivity index (χ4v) is 9.55. The quantitative estimate of drug-likeness (QED) is 0.353. The van der Waals surface area contributed by atoms with Crippen molar-refractivity contribution < 1.29 is 13.2 Å². The second-order valence-corrected chi connectivity index (χ2v) is 14.9. The Morgan fingerprint density at radius 2 is 2.02 bits per heavy atom. The molecule has 210 valence electrons. The van der Waals surface area contributed by atoms with Crippen molar-refractivity contribution in [3.05, 3.63) is 79.6 Å². The summed E-state index contributed by atoms with van der Waals surface area (Å²) in [7, 11) is -3.80. The van der Waals surface area contributed by atoms with Gasteiger partial charge in [0.15, 0.2) is 5.01 Å². The van der Waals surface area contributed by atoms with Crippen molar-refractivity contribution in [1.82, 2.24) is 24.1 Å². The average Bonchev–Trinajstić information content (AvgIpc) is 3.56. The molecule has 40 heavy (non-hydrogen) atoms. The SMILES string of the molecule is CC1Cc2nc(C(=O)N3CCN(S(=O)(=O)c4cc5ccc(Cl)cc5s4)CC3CCn3ccccc3=O)sc2CN1. The number of piperazine rings is 1. The lowest BCUT2D eigenvalue weighted by molar-refractivity contribution is 0.0543. The highest BCUT2D eigenvalue weighted by molar-refractivity contribution is 7.91. The number of pyridine rings is 1. The lowest BCUT2D eigenvalue weighted by Gasteiger charge is -2.40. The minimum Gasteiger partial charge on any atom is -0.331 e. The number of amides is 1. The third kappa shape index (κ3) is 5.36. The number of aryl methyl sites for hydroxylation is 1. The molecule has 0 aliphatic carbocycles. The van der Waals surface area contributed by atoms with Crippen LogP contribution in [-0.4, -0.2) is 64.8 Å². The topological polar surface area (TPSA) is 105 Å². The van der Waals surface area contributed by atoms with Crippen molar-refractivity contribution in [2.75, 3.05) is 19.6 Å². The fourth-order valence-electron chi connectivity index (χ4n) is 5.25. The molecule has 1 fully saturated rings. The van der Waals surface area contributed by atoms with Crippen molar-refractivity contribution in [2.45, 2.75) is 49.1 Å². The van der Waals surface area contributed by atoms with Crippen LogP contribution in [0, 0.1) is 0 Å². The zero-order valence-corrected chi connectivity index (χ0v) is 25.0. The summed E-state index contributed by atoms with van der Waals surface area (Å²) in [5.74, 6) is -0.189. The van der Waals surface area contributed by atoms with Crippen LogP contribution < -0.4 is 10.9 Å². The van der Waals surface area contributed by atoms with E-state index in [0.29, 0.717) is 35.6 Å². The summed E-state index contributed by atoms with van der Waals surface area (Å²) < 4.78 is 31.6. The molecule has 0 radical (unpaired) electrons. The molecule has 1 aromatic carbocycles. The highest BCUT2D eigenvalue weighted by Crippen LogP contribution is 2.34. The van der Waals surface area contributed by atoms with Gasteiger partial charge in [0.25, 0.3) is 15.9 Å².